The monoisotopic (exact) mass is 488 g/mol. The average molecular weight is 489 g/mol. The van der Waals surface area contributed by atoms with Crippen molar-refractivity contribution in [1.29, 1.82) is 0 Å². The Labute approximate surface area is 198 Å². The Morgan fingerprint density at radius 3 is 2.47 bits per heavy atom. The number of carbonyl (C=O) groups excluding carboxylic acids is 1. The maximum absolute atomic E-state index is 12.9. The number of sulfonamides is 1. The summed E-state index contributed by atoms with van der Waals surface area (Å²) in [6.07, 6.45) is -0.943. The molecule has 0 fully saturated rings. The van der Waals surface area contributed by atoms with E-state index in [0.29, 0.717) is 30.2 Å². The Bertz CT molecular complexity index is 1360. The first-order valence-electron chi connectivity index (χ1n) is 10.8. The summed E-state index contributed by atoms with van der Waals surface area (Å²) < 4.78 is 43.3. The molecule has 0 aliphatic rings. The molecule has 0 spiro atoms. The number of carbonyl (C=O) groups is 1. The van der Waals surface area contributed by atoms with Crippen LogP contribution in [0.4, 0.5) is 5.69 Å². The first-order valence-corrected chi connectivity index (χ1v) is 12.2. The van der Waals surface area contributed by atoms with Gasteiger partial charge in [-0.1, -0.05) is 13.8 Å². The number of anilines is 1. The maximum atomic E-state index is 12.9. The van der Waals surface area contributed by atoms with Gasteiger partial charge >= 0.3 is 5.63 Å². The van der Waals surface area contributed by atoms with Crippen molar-refractivity contribution in [3.8, 4) is 11.5 Å². The zero-order valence-electron chi connectivity index (χ0n) is 19.7. The van der Waals surface area contributed by atoms with Gasteiger partial charge in [-0.05, 0) is 49.7 Å². The number of nitrogens with one attached hydrogen (secondary N) is 1. The lowest BCUT2D eigenvalue weighted by Gasteiger charge is -2.20. The first kappa shape index (κ1) is 25.3. The number of methoxy groups -OCH3 is 1. The topological polar surface area (TPSA) is 115 Å². The fourth-order valence-electron chi connectivity index (χ4n) is 3.53. The highest BCUT2D eigenvalue weighted by Gasteiger charge is 2.24. The van der Waals surface area contributed by atoms with E-state index in [-0.39, 0.29) is 10.6 Å². The molecule has 0 saturated carbocycles. The van der Waals surface area contributed by atoms with Crippen LogP contribution in [0.5, 0.6) is 11.5 Å². The van der Waals surface area contributed by atoms with Crippen molar-refractivity contribution in [2.75, 3.05) is 25.5 Å². The van der Waals surface area contributed by atoms with Gasteiger partial charge in [-0.2, -0.15) is 4.31 Å². The molecule has 34 heavy (non-hydrogen) atoms. The molecule has 1 amide bonds. The Balaban J connectivity index is 1.83. The number of rotatable bonds is 9. The molecule has 9 nitrogen and oxygen atoms in total. The molecule has 10 heteroatoms. The van der Waals surface area contributed by atoms with Gasteiger partial charge in [-0.15, -0.1) is 0 Å². The van der Waals surface area contributed by atoms with Crippen LogP contribution < -0.4 is 20.4 Å². The molecule has 0 saturated heterocycles. The molecule has 0 radical (unpaired) electrons. The van der Waals surface area contributed by atoms with E-state index in [9.17, 15) is 18.0 Å². The molecule has 1 heterocycles. The van der Waals surface area contributed by atoms with E-state index in [1.807, 2.05) is 0 Å². The minimum absolute atomic E-state index is 0.0424. The van der Waals surface area contributed by atoms with Crippen LogP contribution in [-0.4, -0.2) is 44.9 Å². The van der Waals surface area contributed by atoms with Crippen LogP contribution in [0, 0.1) is 6.92 Å². The Morgan fingerprint density at radius 1 is 1.12 bits per heavy atom. The summed E-state index contributed by atoms with van der Waals surface area (Å²) in [7, 11) is -2.30. The minimum Gasteiger partial charge on any atom is -0.495 e. The van der Waals surface area contributed by atoms with Gasteiger partial charge in [-0.25, -0.2) is 13.2 Å². The van der Waals surface area contributed by atoms with Gasteiger partial charge in [0, 0.05) is 30.6 Å². The van der Waals surface area contributed by atoms with E-state index in [1.54, 1.807) is 45.9 Å². The standard InChI is InChI=1S/C24H28N2O7S/c1-6-26(7-2)34(29,30)18-9-11-21(31-5)20(14-18)25-24(28)16(4)32-17-8-10-19-15(3)12-23(27)33-22(19)13-17/h8-14,16H,6-7H2,1-5H3,(H,25,28)/t16-/m0/s1. The van der Waals surface area contributed by atoms with Crippen LogP contribution >= 0.6 is 0 Å². The van der Waals surface area contributed by atoms with Gasteiger partial charge in [0.25, 0.3) is 5.91 Å². The van der Waals surface area contributed by atoms with Crippen LogP contribution in [-0.2, 0) is 14.8 Å². The van der Waals surface area contributed by atoms with Crippen LogP contribution in [0.2, 0.25) is 0 Å². The highest BCUT2D eigenvalue weighted by molar-refractivity contribution is 7.89. The highest BCUT2D eigenvalue weighted by atomic mass is 32.2. The van der Waals surface area contributed by atoms with Gasteiger partial charge in [0.05, 0.1) is 17.7 Å². The summed E-state index contributed by atoms with van der Waals surface area (Å²) in [6.45, 7) is 7.51. The van der Waals surface area contributed by atoms with Crippen LogP contribution in [0.15, 0.2) is 56.6 Å². The van der Waals surface area contributed by atoms with Gasteiger partial charge in [-0.3, -0.25) is 4.79 Å². The van der Waals surface area contributed by atoms with Crippen LogP contribution in [0.25, 0.3) is 11.0 Å². The number of ether oxygens (including phenoxy) is 2. The van der Waals surface area contributed by atoms with Crippen molar-refractivity contribution >= 4 is 32.6 Å². The van der Waals surface area contributed by atoms with Gasteiger partial charge in [0.1, 0.15) is 17.1 Å². The van der Waals surface area contributed by atoms with Crippen molar-refractivity contribution in [3.63, 3.8) is 0 Å². The molecule has 3 rings (SSSR count). The predicted octanol–water partition coefficient (Wildman–Crippen LogP) is 3.55. The lowest BCUT2D eigenvalue weighted by Crippen LogP contribution is -2.31. The quantitative estimate of drug-likeness (QED) is 0.458. The molecule has 2 aromatic carbocycles. The first-order chi connectivity index (χ1) is 16.1. The lowest BCUT2D eigenvalue weighted by molar-refractivity contribution is -0.122. The second-order valence-corrected chi connectivity index (χ2v) is 9.55. The van der Waals surface area contributed by atoms with E-state index in [2.05, 4.69) is 5.32 Å². The SMILES string of the molecule is CCN(CC)S(=O)(=O)c1ccc(OC)c(NC(=O)[C@H](C)Oc2ccc3c(C)cc(=O)oc3c2)c1. The second-order valence-electron chi connectivity index (χ2n) is 7.61. The summed E-state index contributed by atoms with van der Waals surface area (Å²) in [5.74, 6) is 0.136. The molecule has 0 bridgehead atoms. The fraction of sp³-hybridized carbons (Fsp3) is 0.333. The molecule has 182 valence electrons. The Hall–Kier alpha value is -3.37. The number of aryl methyl sites for hydroxylation is 1. The predicted molar refractivity (Wildman–Crippen MR) is 129 cm³/mol. The van der Waals surface area contributed by atoms with E-state index in [0.717, 1.165) is 10.9 Å². The Morgan fingerprint density at radius 2 is 1.82 bits per heavy atom. The van der Waals surface area contributed by atoms with Crippen molar-refractivity contribution in [2.24, 2.45) is 0 Å². The number of benzene rings is 2. The summed E-state index contributed by atoms with van der Waals surface area (Å²) in [5.41, 5.74) is 0.859. The van der Waals surface area contributed by atoms with Crippen molar-refractivity contribution < 1.29 is 27.1 Å². The van der Waals surface area contributed by atoms with Crippen molar-refractivity contribution in [3.05, 3.63) is 58.4 Å². The molecular formula is C24H28N2O7S. The highest BCUT2D eigenvalue weighted by Crippen LogP contribution is 2.29. The average Bonchev–Trinajstić information content (AvgIpc) is 2.79. The third-order valence-corrected chi connectivity index (χ3v) is 7.42. The Kier molecular flexibility index (Phi) is 7.63. The smallest absolute Gasteiger partial charge is 0.336 e. The molecule has 3 aromatic rings. The number of amides is 1. The number of nitrogens with zero attached hydrogens (tertiary/aromatic N) is 1. The van der Waals surface area contributed by atoms with Gasteiger partial charge in [0.2, 0.25) is 10.0 Å². The second kappa shape index (κ2) is 10.3. The maximum Gasteiger partial charge on any atom is 0.336 e. The zero-order valence-corrected chi connectivity index (χ0v) is 20.6. The molecule has 0 unspecified atom stereocenters. The number of hydrogen-bond acceptors (Lipinski definition) is 7. The van der Waals surface area contributed by atoms with E-state index >= 15 is 0 Å². The molecule has 1 atom stereocenters. The zero-order chi connectivity index (χ0) is 25.0. The molecule has 0 aliphatic heterocycles. The summed E-state index contributed by atoms with van der Waals surface area (Å²) >= 11 is 0. The molecule has 0 aliphatic carbocycles. The van der Waals surface area contributed by atoms with Crippen LogP contribution in [0.1, 0.15) is 26.3 Å². The van der Waals surface area contributed by atoms with E-state index in [4.69, 9.17) is 13.9 Å². The third kappa shape index (κ3) is 5.23. The summed E-state index contributed by atoms with van der Waals surface area (Å²) in [6, 6.07) is 10.7. The normalized spacial score (nSPS) is 12.5. The number of fused-ring (bicyclic) bond motifs is 1. The molecular weight excluding hydrogens is 460 g/mol. The van der Waals surface area contributed by atoms with Crippen molar-refractivity contribution in [2.45, 2.75) is 38.7 Å². The number of hydrogen-bond donors (Lipinski definition) is 1. The van der Waals surface area contributed by atoms with Crippen LogP contribution in [0.3, 0.4) is 0 Å². The van der Waals surface area contributed by atoms with Gasteiger partial charge in [0.15, 0.2) is 6.10 Å². The lowest BCUT2D eigenvalue weighted by atomic mass is 10.1. The third-order valence-electron chi connectivity index (χ3n) is 5.38. The van der Waals surface area contributed by atoms with E-state index < -0.39 is 27.7 Å². The largest absolute Gasteiger partial charge is 0.495 e. The summed E-state index contributed by atoms with van der Waals surface area (Å²) in [4.78, 5) is 24.5. The summed E-state index contributed by atoms with van der Waals surface area (Å²) in [5, 5.41) is 3.44. The fourth-order valence-corrected chi connectivity index (χ4v) is 5.01. The molecule has 1 N–H and O–H groups in total. The van der Waals surface area contributed by atoms with Crippen molar-refractivity contribution in [1.82, 2.24) is 4.31 Å². The van der Waals surface area contributed by atoms with Gasteiger partial charge < -0.3 is 19.2 Å². The minimum atomic E-state index is -3.72. The molecule has 1 aromatic heterocycles. The van der Waals surface area contributed by atoms with E-state index in [1.165, 1.54) is 35.7 Å².